The molecule has 0 aliphatic carbocycles. The first-order chi connectivity index (χ1) is 7.09. The minimum Gasteiger partial charge on any atom is -0.481 e. The predicted molar refractivity (Wildman–Crippen MR) is 63.6 cm³/mol. The van der Waals surface area contributed by atoms with Gasteiger partial charge in [0.15, 0.2) is 0 Å². The molecule has 1 aromatic rings. The molecule has 0 fully saturated rings. The SMILES string of the molecule is NC(=S)c1cccc(C=CCC(=O)O)c1. The molecule has 0 saturated carbocycles. The lowest BCUT2D eigenvalue weighted by Gasteiger charge is -1.99. The van der Waals surface area contributed by atoms with Crippen molar-refractivity contribution in [3.05, 3.63) is 41.5 Å². The number of benzene rings is 1. The second-order valence-corrected chi connectivity index (χ2v) is 3.43. The molecule has 0 heterocycles. The summed E-state index contributed by atoms with van der Waals surface area (Å²) in [6, 6.07) is 7.33. The molecule has 0 amide bonds. The highest BCUT2D eigenvalue weighted by Crippen LogP contribution is 2.07. The Labute approximate surface area is 93.2 Å². The van der Waals surface area contributed by atoms with Crippen LogP contribution >= 0.6 is 12.2 Å². The highest BCUT2D eigenvalue weighted by atomic mass is 32.1. The van der Waals surface area contributed by atoms with Gasteiger partial charge in [-0.05, 0) is 11.6 Å². The molecule has 0 atom stereocenters. The maximum Gasteiger partial charge on any atom is 0.307 e. The number of hydrogen-bond acceptors (Lipinski definition) is 2. The summed E-state index contributed by atoms with van der Waals surface area (Å²) in [5, 5.41) is 8.44. The third-order valence-corrected chi connectivity index (χ3v) is 2.01. The van der Waals surface area contributed by atoms with Crippen molar-refractivity contribution in [1.29, 1.82) is 0 Å². The van der Waals surface area contributed by atoms with Gasteiger partial charge in [0.05, 0.1) is 6.42 Å². The van der Waals surface area contributed by atoms with Crippen molar-refractivity contribution >= 4 is 29.3 Å². The van der Waals surface area contributed by atoms with E-state index >= 15 is 0 Å². The standard InChI is InChI=1S/C11H11NO2S/c12-11(15)9-5-1-3-8(7-9)4-2-6-10(13)14/h1-5,7H,6H2,(H2,12,15)(H,13,14). The summed E-state index contributed by atoms with van der Waals surface area (Å²) in [5.74, 6) is -0.850. The molecule has 1 rings (SSSR count). The maximum absolute atomic E-state index is 10.3. The number of rotatable bonds is 4. The normalized spacial score (nSPS) is 10.4. The van der Waals surface area contributed by atoms with Gasteiger partial charge < -0.3 is 10.8 Å². The number of carboxylic acid groups (broad SMARTS) is 1. The highest BCUT2D eigenvalue weighted by Gasteiger charge is 1.96. The molecule has 4 heteroatoms. The zero-order chi connectivity index (χ0) is 11.3. The van der Waals surface area contributed by atoms with E-state index in [1.165, 1.54) is 0 Å². The highest BCUT2D eigenvalue weighted by molar-refractivity contribution is 7.80. The Bertz CT molecular complexity index is 413. The van der Waals surface area contributed by atoms with E-state index in [4.69, 9.17) is 23.1 Å². The average Bonchev–Trinajstić information content (AvgIpc) is 2.17. The van der Waals surface area contributed by atoms with E-state index in [0.717, 1.165) is 11.1 Å². The Kier molecular flexibility index (Phi) is 4.00. The quantitative estimate of drug-likeness (QED) is 0.761. The minimum absolute atomic E-state index is 0.0112. The van der Waals surface area contributed by atoms with E-state index < -0.39 is 5.97 Å². The van der Waals surface area contributed by atoms with Crippen molar-refractivity contribution in [2.24, 2.45) is 5.73 Å². The number of carboxylic acids is 1. The van der Waals surface area contributed by atoms with Crippen LogP contribution in [-0.4, -0.2) is 16.1 Å². The van der Waals surface area contributed by atoms with Gasteiger partial charge in [-0.2, -0.15) is 0 Å². The van der Waals surface area contributed by atoms with Crippen LogP contribution in [0.2, 0.25) is 0 Å². The summed E-state index contributed by atoms with van der Waals surface area (Å²) >= 11 is 4.84. The van der Waals surface area contributed by atoms with Crippen LogP contribution in [0.1, 0.15) is 17.5 Å². The third-order valence-electron chi connectivity index (χ3n) is 1.77. The monoisotopic (exact) mass is 221 g/mol. The molecule has 3 N–H and O–H groups in total. The molecule has 0 bridgehead atoms. The summed E-state index contributed by atoms with van der Waals surface area (Å²) in [6.45, 7) is 0. The van der Waals surface area contributed by atoms with Crippen LogP contribution < -0.4 is 5.73 Å². The van der Waals surface area contributed by atoms with Crippen molar-refractivity contribution < 1.29 is 9.90 Å². The fourth-order valence-electron chi connectivity index (χ4n) is 1.09. The zero-order valence-electron chi connectivity index (χ0n) is 8.01. The molecule has 0 unspecified atom stereocenters. The number of nitrogens with two attached hydrogens (primary N) is 1. The topological polar surface area (TPSA) is 63.3 Å². The Morgan fingerprint density at radius 2 is 2.27 bits per heavy atom. The molecule has 78 valence electrons. The van der Waals surface area contributed by atoms with E-state index in [1.807, 2.05) is 24.3 Å². The van der Waals surface area contributed by atoms with Gasteiger partial charge in [0, 0.05) is 5.56 Å². The van der Waals surface area contributed by atoms with Crippen molar-refractivity contribution in [2.45, 2.75) is 6.42 Å². The fourth-order valence-corrected chi connectivity index (χ4v) is 1.22. The first-order valence-corrected chi connectivity index (χ1v) is 4.78. The summed E-state index contributed by atoms with van der Waals surface area (Å²) in [6.07, 6.45) is 3.33. The maximum atomic E-state index is 10.3. The van der Waals surface area contributed by atoms with Gasteiger partial charge in [-0.1, -0.05) is 42.6 Å². The number of carbonyl (C=O) groups is 1. The summed E-state index contributed by atoms with van der Waals surface area (Å²) < 4.78 is 0. The van der Waals surface area contributed by atoms with E-state index in [2.05, 4.69) is 0 Å². The van der Waals surface area contributed by atoms with Gasteiger partial charge in [0.2, 0.25) is 0 Å². The van der Waals surface area contributed by atoms with E-state index in [0.29, 0.717) is 4.99 Å². The number of aliphatic carboxylic acids is 1. The predicted octanol–water partition coefficient (Wildman–Crippen LogP) is 1.81. The van der Waals surface area contributed by atoms with Crippen molar-refractivity contribution in [3.8, 4) is 0 Å². The van der Waals surface area contributed by atoms with Gasteiger partial charge in [0.1, 0.15) is 4.99 Å². The number of thiocarbonyl (C=S) groups is 1. The molecule has 0 radical (unpaired) electrons. The van der Waals surface area contributed by atoms with Crippen LogP contribution in [0.3, 0.4) is 0 Å². The number of hydrogen-bond donors (Lipinski definition) is 2. The second kappa shape index (κ2) is 5.26. The first kappa shape index (κ1) is 11.4. The average molecular weight is 221 g/mol. The summed E-state index contributed by atoms with van der Waals surface area (Å²) in [4.78, 5) is 10.6. The van der Waals surface area contributed by atoms with E-state index in [-0.39, 0.29) is 6.42 Å². The molecular weight excluding hydrogens is 210 g/mol. The molecular formula is C11H11NO2S. The van der Waals surface area contributed by atoms with Crippen LogP contribution in [0.4, 0.5) is 0 Å². The lowest BCUT2D eigenvalue weighted by Crippen LogP contribution is -2.08. The molecule has 0 aliphatic rings. The van der Waals surface area contributed by atoms with Gasteiger partial charge in [-0.25, -0.2) is 0 Å². The van der Waals surface area contributed by atoms with Crippen LogP contribution in [0.5, 0.6) is 0 Å². The molecule has 0 aliphatic heterocycles. The van der Waals surface area contributed by atoms with Crippen molar-refractivity contribution in [2.75, 3.05) is 0 Å². The fraction of sp³-hybridized carbons (Fsp3) is 0.0909. The van der Waals surface area contributed by atoms with Gasteiger partial charge in [-0.3, -0.25) is 4.79 Å². The smallest absolute Gasteiger partial charge is 0.307 e. The molecule has 3 nitrogen and oxygen atoms in total. The molecule has 15 heavy (non-hydrogen) atoms. The van der Waals surface area contributed by atoms with E-state index in [1.54, 1.807) is 12.2 Å². The van der Waals surface area contributed by atoms with Gasteiger partial charge in [-0.15, -0.1) is 0 Å². The Morgan fingerprint density at radius 3 is 2.87 bits per heavy atom. The zero-order valence-corrected chi connectivity index (χ0v) is 8.83. The van der Waals surface area contributed by atoms with Crippen LogP contribution in [0.15, 0.2) is 30.3 Å². The van der Waals surface area contributed by atoms with Crippen LogP contribution in [0.25, 0.3) is 6.08 Å². The first-order valence-electron chi connectivity index (χ1n) is 4.38. The van der Waals surface area contributed by atoms with Crippen LogP contribution in [-0.2, 0) is 4.79 Å². The summed E-state index contributed by atoms with van der Waals surface area (Å²) in [7, 11) is 0. The Hall–Kier alpha value is -1.68. The van der Waals surface area contributed by atoms with Crippen LogP contribution in [0, 0.1) is 0 Å². The van der Waals surface area contributed by atoms with Crippen molar-refractivity contribution in [1.82, 2.24) is 0 Å². The van der Waals surface area contributed by atoms with Crippen molar-refractivity contribution in [3.63, 3.8) is 0 Å². The molecule has 1 aromatic carbocycles. The lowest BCUT2D eigenvalue weighted by molar-refractivity contribution is -0.135. The summed E-state index contributed by atoms with van der Waals surface area (Å²) in [5.41, 5.74) is 7.14. The second-order valence-electron chi connectivity index (χ2n) is 2.99. The molecule has 0 aromatic heterocycles. The lowest BCUT2D eigenvalue weighted by atomic mass is 10.1. The molecule has 0 spiro atoms. The Balaban J connectivity index is 2.78. The largest absolute Gasteiger partial charge is 0.481 e. The van der Waals surface area contributed by atoms with Gasteiger partial charge in [0.25, 0.3) is 0 Å². The third kappa shape index (κ3) is 3.91. The van der Waals surface area contributed by atoms with Gasteiger partial charge >= 0.3 is 5.97 Å². The van der Waals surface area contributed by atoms with E-state index in [9.17, 15) is 4.79 Å². The molecule has 0 saturated heterocycles. The Morgan fingerprint density at radius 1 is 1.53 bits per heavy atom. The minimum atomic E-state index is -0.850.